The molecule has 0 bridgehead atoms. The van der Waals surface area contributed by atoms with Crippen molar-refractivity contribution in [2.24, 2.45) is 0 Å². The Hall–Kier alpha value is -1.79. The summed E-state index contributed by atoms with van der Waals surface area (Å²) in [5, 5.41) is 0. The van der Waals surface area contributed by atoms with Crippen LogP contribution >= 0.6 is 24.8 Å². The van der Waals surface area contributed by atoms with Crippen molar-refractivity contribution in [1.82, 2.24) is 0 Å². The van der Waals surface area contributed by atoms with E-state index in [2.05, 4.69) is 98.8 Å². The molecule has 0 heterocycles. The molecule has 0 radical (unpaired) electrons. The molecule has 0 atom stereocenters. The van der Waals surface area contributed by atoms with Crippen molar-refractivity contribution in [3.05, 3.63) is 119 Å². The van der Waals surface area contributed by atoms with Crippen molar-refractivity contribution in [2.45, 2.75) is 26.7 Å². The van der Waals surface area contributed by atoms with Crippen LogP contribution in [0.3, 0.4) is 0 Å². The van der Waals surface area contributed by atoms with E-state index in [1.54, 1.807) is 24.2 Å². The molecule has 0 amide bonds. The van der Waals surface area contributed by atoms with Crippen LogP contribution in [0.1, 0.15) is 36.1 Å². The normalized spacial score (nSPS) is 10.9. The molecule has 4 aromatic carbocycles. The van der Waals surface area contributed by atoms with Crippen LogP contribution in [0.25, 0.3) is 22.3 Å². The van der Waals surface area contributed by atoms with Crippen molar-refractivity contribution >= 4 is 28.0 Å². The molecule has 32 heavy (non-hydrogen) atoms. The summed E-state index contributed by atoms with van der Waals surface area (Å²) >= 11 is 1.55. The third kappa shape index (κ3) is 6.17. The first-order chi connectivity index (χ1) is 14.6. The van der Waals surface area contributed by atoms with Gasteiger partial charge in [0, 0.05) is 0 Å². The van der Waals surface area contributed by atoms with Crippen LogP contribution in [-0.2, 0) is 37.1 Å². The minimum Gasteiger partial charge on any atom is -0.179 e. The number of benzene rings is 4. The van der Waals surface area contributed by atoms with E-state index in [1.165, 1.54) is 47.7 Å². The summed E-state index contributed by atoms with van der Waals surface area (Å²) < 4.78 is 1.51. The molecule has 0 N–H and O–H groups in total. The van der Waals surface area contributed by atoms with Gasteiger partial charge in [-0.2, -0.15) is 59.7 Å². The second-order valence-electron chi connectivity index (χ2n) is 7.79. The second-order valence-corrected chi connectivity index (χ2v) is 10.3. The number of halogens is 2. The summed E-state index contributed by atoms with van der Waals surface area (Å²) in [6.07, 6.45) is 2.10. The van der Waals surface area contributed by atoms with Gasteiger partial charge in [-0.25, -0.2) is 0 Å². The van der Waals surface area contributed by atoms with Gasteiger partial charge < -0.3 is 0 Å². The third-order valence-electron chi connectivity index (χ3n) is 5.23. The maximum atomic E-state index is 3.30. The third-order valence-corrected chi connectivity index (χ3v) is 5.23. The minimum atomic E-state index is 0. The Kier molecular flexibility index (Phi) is 10.3. The van der Waals surface area contributed by atoms with Gasteiger partial charge >= 0.3 is 41.3 Å². The number of hydrogen-bond acceptors (Lipinski definition) is 0. The van der Waals surface area contributed by atoms with Crippen molar-refractivity contribution in [1.29, 1.82) is 0 Å². The molecule has 6 rings (SSSR count). The van der Waals surface area contributed by atoms with Crippen LogP contribution in [0.5, 0.6) is 0 Å². The molecule has 0 unspecified atom stereocenters. The summed E-state index contributed by atoms with van der Waals surface area (Å²) in [7, 11) is 0. The van der Waals surface area contributed by atoms with Crippen LogP contribution < -0.4 is 0 Å². The molecule has 0 fully saturated rings. The van der Waals surface area contributed by atoms with Crippen molar-refractivity contribution in [3.8, 4) is 22.3 Å². The summed E-state index contributed by atoms with van der Waals surface area (Å²) in [5.74, 6) is 0. The molecule has 0 saturated carbocycles. The first kappa shape index (κ1) is 26.5. The van der Waals surface area contributed by atoms with E-state index in [4.69, 9.17) is 0 Å². The summed E-state index contributed by atoms with van der Waals surface area (Å²) in [4.78, 5) is 0. The van der Waals surface area contributed by atoms with E-state index in [1.807, 2.05) is 12.1 Å². The Labute approximate surface area is 219 Å². The molecule has 0 aromatic heterocycles. The maximum Gasteiger partial charge on any atom is -0.0253 e. The SMILES string of the molecule is C[C](C)=[Zr+2].Cl.Cl.[c-]1cccc2c1Cc1ccccc1-2.[c-]1cccc2c1Cc1ccccc1-2. The van der Waals surface area contributed by atoms with Gasteiger partial charge in [-0.15, -0.1) is 35.9 Å². The van der Waals surface area contributed by atoms with Gasteiger partial charge in [0.25, 0.3) is 0 Å². The molecule has 0 nitrogen and oxygen atoms in total. The molecular formula is C29H26Cl2Zr. The molecule has 2 aliphatic carbocycles. The van der Waals surface area contributed by atoms with E-state index in [0.29, 0.717) is 0 Å². The van der Waals surface area contributed by atoms with Crippen LogP contribution in [0, 0.1) is 12.1 Å². The fraction of sp³-hybridized carbons (Fsp3) is 0.138. The van der Waals surface area contributed by atoms with Crippen LogP contribution in [0.2, 0.25) is 0 Å². The fourth-order valence-corrected chi connectivity index (χ4v) is 4.00. The topological polar surface area (TPSA) is 0 Å². The van der Waals surface area contributed by atoms with E-state index < -0.39 is 0 Å². The van der Waals surface area contributed by atoms with Crippen LogP contribution in [0.15, 0.2) is 84.9 Å². The Balaban J connectivity index is 0.000000185. The average molecular weight is 537 g/mol. The van der Waals surface area contributed by atoms with Crippen LogP contribution in [0.4, 0.5) is 0 Å². The van der Waals surface area contributed by atoms with Crippen molar-refractivity contribution < 1.29 is 24.2 Å². The number of fused-ring (bicyclic) bond motifs is 6. The molecule has 160 valence electrons. The minimum absolute atomic E-state index is 0. The van der Waals surface area contributed by atoms with Gasteiger partial charge in [-0.1, -0.05) is 70.8 Å². The van der Waals surface area contributed by atoms with Crippen molar-refractivity contribution in [3.63, 3.8) is 0 Å². The Morgan fingerprint density at radius 1 is 0.594 bits per heavy atom. The predicted octanol–water partition coefficient (Wildman–Crippen LogP) is 7.70. The summed E-state index contributed by atoms with van der Waals surface area (Å²) in [6, 6.07) is 36.2. The zero-order valence-electron chi connectivity index (χ0n) is 18.3. The molecule has 4 aromatic rings. The molecular weight excluding hydrogens is 510 g/mol. The number of rotatable bonds is 0. The standard InChI is InChI=1S/2C13H9.C3H6.2ClH.Zr/c2*1-3-7-12-10(5-1)9-11-6-2-4-8-13(11)12;1-3-2;;;/h2*1-5,7-8H,9H2;1-2H3;2*1H;/q2*-1;;;;+2. The van der Waals surface area contributed by atoms with Gasteiger partial charge in [-0.05, 0) is 12.8 Å². The number of hydrogen-bond donors (Lipinski definition) is 0. The van der Waals surface area contributed by atoms with Gasteiger partial charge in [0.2, 0.25) is 0 Å². The van der Waals surface area contributed by atoms with Crippen LogP contribution in [-0.4, -0.2) is 3.21 Å². The van der Waals surface area contributed by atoms with Gasteiger partial charge in [0.1, 0.15) is 0 Å². The first-order valence-electron chi connectivity index (χ1n) is 10.3. The molecule has 3 heteroatoms. The van der Waals surface area contributed by atoms with Crippen molar-refractivity contribution in [2.75, 3.05) is 0 Å². The Morgan fingerprint density at radius 3 is 1.34 bits per heavy atom. The average Bonchev–Trinajstić information content (AvgIpc) is 3.32. The van der Waals surface area contributed by atoms with Gasteiger partial charge in [0.15, 0.2) is 0 Å². The summed E-state index contributed by atoms with van der Waals surface area (Å²) in [6.45, 7) is 4.25. The quantitative estimate of drug-likeness (QED) is 0.175. The second kappa shape index (κ2) is 12.5. The molecule has 0 spiro atoms. The zero-order chi connectivity index (χ0) is 20.9. The summed E-state index contributed by atoms with van der Waals surface area (Å²) in [5.41, 5.74) is 11.0. The van der Waals surface area contributed by atoms with E-state index in [0.717, 1.165) is 12.8 Å². The molecule has 0 aliphatic heterocycles. The fourth-order valence-electron chi connectivity index (χ4n) is 4.00. The Bertz CT molecular complexity index is 1020. The van der Waals surface area contributed by atoms with Gasteiger partial charge in [-0.3, -0.25) is 0 Å². The van der Waals surface area contributed by atoms with E-state index in [9.17, 15) is 0 Å². The first-order valence-corrected chi connectivity index (χ1v) is 11.5. The van der Waals surface area contributed by atoms with E-state index >= 15 is 0 Å². The maximum absolute atomic E-state index is 3.30. The largest absolute Gasteiger partial charge is 0.179 e. The molecule has 2 aliphatic rings. The Morgan fingerprint density at radius 2 is 0.938 bits per heavy atom. The smallest absolute Gasteiger partial charge is 0.0253 e. The van der Waals surface area contributed by atoms with Gasteiger partial charge in [0.05, 0.1) is 0 Å². The van der Waals surface area contributed by atoms with E-state index in [-0.39, 0.29) is 24.8 Å². The zero-order valence-corrected chi connectivity index (χ0v) is 22.4. The molecule has 0 saturated heterocycles. The predicted molar refractivity (Wildman–Crippen MR) is 138 cm³/mol. The monoisotopic (exact) mass is 534 g/mol.